The summed E-state index contributed by atoms with van der Waals surface area (Å²) in [5.74, 6) is 0.0684. The van der Waals surface area contributed by atoms with Crippen molar-refractivity contribution in [3.05, 3.63) is 47.0 Å². The van der Waals surface area contributed by atoms with Crippen LogP contribution >= 0.6 is 0 Å². The fourth-order valence-corrected chi connectivity index (χ4v) is 5.79. The zero-order valence-electron chi connectivity index (χ0n) is 22.2. The number of ether oxygens (including phenoxy) is 1. The molecule has 2 N–H and O–H groups in total. The van der Waals surface area contributed by atoms with Crippen molar-refractivity contribution < 1.29 is 14.2 Å². The number of aliphatic hydroxyl groups is 1. The molecule has 4 heterocycles. The highest BCUT2D eigenvalue weighted by molar-refractivity contribution is 5.92. The monoisotopic (exact) mass is 518 g/mol. The number of pyridine rings is 1. The Balaban J connectivity index is 1.53. The van der Waals surface area contributed by atoms with Gasteiger partial charge in [-0.15, -0.1) is 0 Å². The molecule has 2 saturated heterocycles. The molecule has 2 aliphatic heterocycles. The van der Waals surface area contributed by atoms with Crippen molar-refractivity contribution in [3.63, 3.8) is 0 Å². The zero-order chi connectivity index (χ0) is 26.8. The van der Waals surface area contributed by atoms with Gasteiger partial charge in [-0.2, -0.15) is 5.26 Å². The lowest BCUT2D eigenvalue weighted by Crippen LogP contribution is -2.42. The minimum absolute atomic E-state index is 0.0683. The molecule has 9 heteroatoms. The molecule has 0 saturated carbocycles. The maximum Gasteiger partial charge on any atom is 0.223 e. The molecule has 0 radical (unpaired) electrons. The van der Waals surface area contributed by atoms with E-state index in [2.05, 4.69) is 40.1 Å². The third-order valence-electron chi connectivity index (χ3n) is 7.72. The summed E-state index contributed by atoms with van der Waals surface area (Å²) in [4.78, 5) is 15.8. The number of hydrogen-bond donors (Lipinski definition) is 2. The molecule has 2 fully saturated rings. The zero-order valence-corrected chi connectivity index (χ0v) is 22.2. The number of fused-ring (bicyclic) bond motifs is 1. The Bertz CT molecular complexity index is 1360. The summed E-state index contributed by atoms with van der Waals surface area (Å²) < 4.78 is 20.4. The van der Waals surface area contributed by atoms with Gasteiger partial charge >= 0.3 is 0 Å². The Morgan fingerprint density at radius 2 is 2.11 bits per heavy atom. The van der Waals surface area contributed by atoms with E-state index in [1.165, 1.54) is 11.8 Å². The topological polar surface area (TPSA) is 107 Å². The molecular weight excluding hydrogens is 483 g/mol. The summed E-state index contributed by atoms with van der Waals surface area (Å²) in [5, 5.41) is 23.9. The number of nitrogens with one attached hydrogen (secondary N) is 1. The lowest BCUT2D eigenvalue weighted by atomic mass is 9.88. The van der Waals surface area contributed by atoms with Gasteiger partial charge in [-0.05, 0) is 61.4 Å². The van der Waals surface area contributed by atoms with Crippen LogP contribution in [0.5, 0.6) is 0 Å². The minimum Gasteiger partial charge on any atom is -0.389 e. The maximum atomic E-state index is 15.1. The van der Waals surface area contributed by atoms with Gasteiger partial charge in [-0.3, -0.25) is 9.88 Å². The van der Waals surface area contributed by atoms with Crippen LogP contribution in [-0.2, 0) is 11.3 Å². The van der Waals surface area contributed by atoms with Crippen molar-refractivity contribution in [3.8, 4) is 17.3 Å². The Hall–Kier alpha value is -3.19. The van der Waals surface area contributed by atoms with Crippen LogP contribution < -0.4 is 5.32 Å². The summed E-state index contributed by atoms with van der Waals surface area (Å²) in [7, 11) is 0. The molecule has 0 aliphatic carbocycles. The second-order valence-corrected chi connectivity index (χ2v) is 10.8. The normalized spacial score (nSPS) is 22.5. The second-order valence-electron chi connectivity index (χ2n) is 10.8. The molecule has 0 bridgehead atoms. The van der Waals surface area contributed by atoms with Crippen molar-refractivity contribution in [2.45, 2.75) is 64.6 Å². The summed E-state index contributed by atoms with van der Waals surface area (Å²) in [6.45, 7) is 9.60. The molecule has 2 aromatic heterocycles. The highest BCUT2D eigenvalue weighted by atomic mass is 19.1. The van der Waals surface area contributed by atoms with Crippen molar-refractivity contribution in [2.75, 3.05) is 31.6 Å². The number of hydrogen-bond acceptors (Lipinski definition) is 8. The van der Waals surface area contributed by atoms with Gasteiger partial charge in [0.25, 0.3) is 0 Å². The van der Waals surface area contributed by atoms with Gasteiger partial charge in [0, 0.05) is 36.8 Å². The van der Waals surface area contributed by atoms with Gasteiger partial charge in [0.05, 0.1) is 42.5 Å². The highest BCUT2D eigenvalue weighted by Gasteiger charge is 2.26. The van der Waals surface area contributed by atoms with E-state index in [1.807, 2.05) is 25.3 Å². The van der Waals surface area contributed by atoms with Gasteiger partial charge in [0.15, 0.2) is 5.82 Å². The van der Waals surface area contributed by atoms with E-state index in [0.717, 1.165) is 54.5 Å². The van der Waals surface area contributed by atoms with Crippen LogP contribution in [0.15, 0.2) is 24.5 Å². The summed E-state index contributed by atoms with van der Waals surface area (Å²) >= 11 is 0. The fraction of sp³-hybridized carbons (Fsp3) is 0.517. The van der Waals surface area contributed by atoms with Crippen molar-refractivity contribution in [1.29, 1.82) is 5.26 Å². The quantitative estimate of drug-likeness (QED) is 0.489. The number of aliphatic hydroxyl groups excluding tert-OH is 1. The molecule has 3 atom stereocenters. The third-order valence-corrected chi connectivity index (χ3v) is 7.72. The van der Waals surface area contributed by atoms with E-state index < -0.39 is 11.9 Å². The van der Waals surface area contributed by atoms with E-state index in [-0.39, 0.29) is 36.1 Å². The molecule has 38 heavy (non-hydrogen) atoms. The van der Waals surface area contributed by atoms with E-state index in [1.54, 1.807) is 0 Å². The van der Waals surface area contributed by atoms with Gasteiger partial charge in [0.2, 0.25) is 5.95 Å². The predicted octanol–water partition coefficient (Wildman–Crippen LogP) is 4.56. The largest absolute Gasteiger partial charge is 0.389 e. The molecule has 200 valence electrons. The van der Waals surface area contributed by atoms with Crippen LogP contribution in [0.3, 0.4) is 0 Å². The molecule has 5 rings (SSSR count). The standard InChI is InChI=1S/C29H35FN6O2/c1-17(2)26-20(15-36-9-4-5-19(11-31)14-36)12-32-24-7-6-21(18(3)27(24)26)28-22(30)13-33-29(35-28)34-23-8-10-38-16-25(23)37/h6-7,12-13,17,19,23,25,37H,4-5,8-10,14-16H2,1-3H3,(H,33,34,35)/t19-,23+,25+/m0/s1. The summed E-state index contributed by atoms with van der Waals surface area (Å²) in [6, 6.07) is 5.97. The first-order chi connectivity index (χ1) is 18.4. The molecule has 0 unspecified atom stereocenters. The predicted molar refractivity (Wildman–Crippen MR) is 144 cm³/mol. The lowest BCUT2D eigenvalue weighted by molar-refractivity contribution is -0.0136. The molecule has 1 aromatic carbocycles. The average molecular weight is 519 g/mol. The van der Waals surface area contributed by atoms with Crippen molar-refractivity contribution in [1.82, 2.24) is 19.9 Å². The molecule has 0 amide bonds. The van der Waals surface area contributed by atoms with Crippen LogP contribution in [0.2, 0.25) is 0 Å². The number of aryl methyl sites for hydroxylation is 1. The average Bonchev–Trinajstić information content (AvgIpc) is 2.91. The Morgan fingerprint density at radius 1 is 1.26 bits per heavy atom. The second kappa shape index (κ2) is 11.3. The number of nitrogens with zero attached hydrogens (tertiary/aromatic N) is 5. The molecular formula is C29H35FN6O2. The number of benzene rings is 1. The third kappa shape index (κ3) is 5.35. The Kier molecular flexibility index (Phi) is 7.84. The fourth-order valence-electron chi connectivity index (χ4n) is 5.79. The highest BCUT2D eigenvalue weighted by Crippen LogP contribution is 2.36. The van der Waals surface area contributed by atoms with Gasteiger partial charge in [-0.1, -0.05) is 19.9 Å². The van der Waals surface area contributed by atoms with Crippen LogP contribution in [-0.4, -0.2) is 63.4 Å². The smallest absolute Gasteiger partial charge is 0.223 e. The number of nitriles is 1. The molecule has 3 aromatic rings. The number of piperidine rings is 1. The Morgan fingerprint density at radius 3 is 2.87 bits per heavy atom. The van der Waals surface area contributed by atoms with Crippen LogP contribution in [0.4, 0.5) is 10.3 Å². The van der Waals surface area contributed by atoms with Gasteiger partial charge < -0.3 is 15.2 Å². The maximum absolute atomic E-state index is 15.1. The lowest BCUT2D eigenvalue weighted by Gasteiger charge is -2.30. The minimum atomic E-state index is -0.676. The first-order valence-corrected chi connectivity index (χ1v) is 13.4. The van der Waals surface area contributed by atoms with E-state index in [4.69, 9.17) is 9.72 Å². The molecule has 2 aliphatic rings. The number of anilines is 1. The van der Waals surface area contributed by atoms with Gasteiger partial charge in [0.1, 0.15) is 5.69 Å². The SMILES string of the molecule is Cc1c(-c2nc(N[C@@H]3CCOC[C@H]3O)ncc2F)ccc2ncc(CN3CCC[C@@H](C#N)C3)c(C(C)C)c12. The van der Waals surface area contributed by atoms with E-state index in [9.17, 15) is 10.4 Å². The van der Waals surface area contributed by atoms with Crippen molar-refractivity contribution >= 4 is 16.9 Å². The van der Waals surface area contributed by atoms with Crippen molar-refractivity contribution in [2.24, 2.45) is 5.92 Å². The first-order valence-electron chi connectivity index (χ1n) is 13.4. The number of rotatable bonds is 6. The summed E-state index contributed by atoms with van der Waals surface area (Å²) in [6.07, 6.45) is 5.05. The number of aromatic nitrogens is 3. The number of halogens is 1. The van der Waals surface area contributed by atoms with Crippen LogP contribution in [0.25, 0.3) is 22.2 Å². The van der Waals surface area contributed by atoms with Gasteiger partial charge in [-0.25, -0.2) is 14.4 Å². The molecule has 8 nitrogen and oxygen atoms in total. The van der Waals surface area contributed by atoms with Crippen LogP contribution in [0, 0.1) is 30.0 Å². The van der Waals surface area contributed by atoms with E-state index >= 15 is 4.39 Å². The Labute approximate surface area is 222 Å². The summed E-state index contributed by atoms with van der Waals surface area (Å²) in [5.41, 5.74) is 5.04. The molecule has 0 spiro atoms. The first kappa shape index (κ1) is 26.4. The number of likely N-dealkylation sites (tertiary alicyclic amines) is 1. The van der Waals surface area contributed by atoms with E-state index in [0.29, 0.717) is 18.6 Å². The van der Waals surface area contributed by atoms with Crippen LogP contribution in [0.1, 0.15) is 55.7 Å².